The van der Waals surface area contributed by atoms with Crippen molar-refractivity contribution in [2.45, 2.75) is 6.92 Å². The number of rotatable bonds is 4. The van der Waals surface area contributed by atoms with Crippen molar-refractivity contribution >= 4 is 13.0 Å². The molecule has 0 spiro atoms. The Kier molecular flexibility index (Phi) is 3.24. The topological polar surface area (TPSA) is 64.7 Å². The number of benzene rings is 1. The molecule has 1 aromatic carbocycles. The van der Waals surface area contributed by atoms with Crippen LogP contribution in [0.15, 0.2) is 24.3 Å². The average molecular weight is 231 g/mol. The Morgan fingerprint density at radius 1 is 1.27 bits per heavy atom. The normalized spacial score (nSPS) is 14.3. The Hall–Kier alpha value is -0.830. The van der Waals surface area contributed by atoms with Crippen LogP contribution in [0.4, 0.5) is 5.69 Å². The van der Waals surface area contributed by atoms with Gasteiger partial charge < -0.3 is 0 Å². The predicted molar refractivity (Wildman–Crippen MR) is 64.1 cm³/mol. The Morgan fingerprint density at radius 3 is 2.27 bits per heavy atom. The van der Waals surface area contributed by atoms with Gasteiger partial charge in [0, 0.05) is 0 Å². The van der Waals surface area contributed by atoms with Crippen LogP contribution in [0, 0.1) is 0 Å². The van der Waals surface area contributed by atoms with E-state index in [0.29, 0.717) is 18.0 Å². The number of nitrogens with two attached hydrogens (primary N) is 1. The summed E-state index contributed by atoms with van der Waals surface area (Å²) in [5, 5.41) is 0. The van der Waals surface area contributed by atoms with Gasteiger partial charge in [-0.3, -0.25) is 0 Å². The van der Waals surface area contributed by atoms with E-state index in [0.717, 1.165) is 0 Å². The Labute approximate surface area is 90.2 Å². The van der Waals surface area contributed by atoms with Crippen molar-refractivity contribution in [2.24, 2.45) is 0 Å². The molecule has 5 heteroatoms. The van der Waals surface area contributed by atoms with Gasteiger partial charge in [-0.15, -0.1) is 0 Å². The molecule has 0 saturated carbocycles. The van der Waals surface area contributed by atoms with E-state index in [1.165, 1.54) is 0 Å². The molecular weight excluding hydrogens is 213 g/mol. The van der Waals surface area contributed by atoms with E-state index in [9.17, 15) is 4.89 Å². The molecule has 15 heavy (non-hydrogen) atoms. The molecule has 0 saturated heterocycles. The number of hydrogen-bond donors (Lipinski definition) is 2. The van der Waals surface area contributed by atoms with Crippen molar-refractivity contribution in [3.05, 3.63) is 24.3 Å². The van der Waals surface area contributed by atoms with Gasteiger partial charge in [0.05, 0.1) is 0 Å². The van der Waals surface area contributed by atoms with Gasteiger partial charge in [0.25, 0.3) is 0 Å². The van der Waals surface area contributed by atoms with E-state index in [2.05, 4.69) is 0 Å². The third kappa shape index (κ3) is 4.04. The van der Waals surface area contributed by atoms with Gasteiger partial charge in [-0.2, -0.15) is 0 Å². The van der Waals surface area contributed by atoms with Gasteiger partial charge in [-0.25, -0.2) is 0 Å². The molecule has 0 aliphatic rings. The second-order valence-corrected chi connectivity index (χ2v) is 7.96. The van der Waals surface area contributed by atoms with Crippen LogP contribution in [0.1, 0.15) is 6.92 Å². The molecule has 4 nitrogen and oxygen atoms in total. The average Bonchev–Trinajstić information content (AvgIpc) is 2.07. The van der Waals surface area contributed by atoms with E-state index >= 15 is 0 Å². The summed E-state index contributed by atoms with van der Waals surface area (Å²) >= 11 is 0. The fraction of sp³-hybridized carbons (Fsp3) is 0.400. The molecule has 0 fully saturated rings. The van der Waals surface area contributed by atoms with Crippen molar-refractivity contribution < 1.29 is 13.9 Å². The molecule has 0 aliphatic heterocycles. The van der Waals surface area contributed by atoms with Crippen molar-refractivity contribution in [1.82, 2.24) is 0 Å². The zero-order chi connectivity index (χ0) is 11.6. The second kappa shape index (κ2) is 3.97. The summed E-state index contributed by atoms with van der Waals surface area (Å²) in [5.74, 6) is 0.558. The van der Waals surface area contributed by atoms with Crippen LogP contribution in [-0.4, -0.2) is 24.8 Å². The van der Waals surface area contributed by atoms with Gasteiger partial charge >= 0.3 is 89.5 Å². The second-order valence-electron chi connectivity index (χ2n) is 3.89. The molecule has 0 amide bonds. The third-order valence-electron chi connectivity index (χ3n) is 1.74. The van der Waals surface area contributed by atoms with E-state index in [-0.39, 0.29) is 0 Å². The molecule has 0 unspecified atom stereocenters. The van der Waals surface area contributed by atoms with Crippen LogP contribution < -0.4 is 10.3 Å². The van der Waals surface area contributed by atoms with Crippen molar-refractivity contribution in [3.8, 4) is 5.75 Å². The maximum atomic E-state index is 10.2. The molecule has 1 rings (SSSR count). The molecule has 0 radical (unpaired) electrons. The van der Waals surface area contributed by atoms with E-state index in [4.69, 9.17) is 14.8 Å². The predicted octanol–water partition coefficient (Wildman–Crippen LogP) is 2.23. The maximum absolute atomic E-state index is 10.2. The zero-order valence-corrected chi connectivity index (χ0v) is 10.2. The molecule has 0 aliphatic carbocycles. The standard InChI is InChI=1S/C10H18NO3P/c1-4-13-15(2,3,12)14-10-7-5-9(11)6-8-10/h5-8,12H,4,11H2,1-3H3. The van der Waals surface area contributed by atoms with Crippen molar-refractivity contribution in [3.63, 3.8) is 0 Å². The number of hydrogen-bond acceptors (Lipinski definition) is 4. The SMILES string of the molecule is CCOP(C)(C)(O)Oc1ccc(N)cc1. The quantitative estimate of drug-likeness (QED) is 0.616. The van der Waals surface area contributed by atoms with Crippen molar-refractivity contribution in [2.75, 3.05) is 25.7 Å². The molecular formula is C10H18NO3P. The van der Waals surface area contributed by atoms with Gasteiger partial charge in [-0.1, -0.05) is 0 Å². The van der Waals surface area contributed by atoms with E-state index in [1.807, 2.05) is 6.92 Å². The Morgan fingerprint density at radius 2 is 1.80 bits per heavy atom. The summed E-state index contributed by atoms with van der Waals surface area (Å²) in [6.45, 7) is 5.41. The summed E-state index contributed by atoms with van der Waals surface area (Å²) in [4.78, 5) is 10.2. The van der Waals surface area contributed by atoms with E-state index < -0.39 is 7.28 Å². The first-order valence-corrected chi connectivity index (χ1v) is 7.69. The molecule has 86 valence electrons. The summed E-state index contributed by atoms with van der Waals surface area (Å²) in [7, 11) is -3.47. The first kappa shape index (κ1) is 12.2. The van der Waals surface area contributed by atoms with Gasteiger partial charge in [0.2, 0.25) is 0 Å². The number of anilines is 1. The number of nitrogen functional groups attached to an aromatic ring is 1. The summed E-state index contributed by atoms with van der Waals surface area (Å²) in [5.41, 5.74) is 6.20. The minimum absolute atomic E-state index is 0.413. The van der Waals surface area contributed by atoms with Gasteiger partial charge in [0.15, 0.2) is 0 Å². The molecule has 0 aromatic heterocycles. The first-order valence-electron chi connectivity index (χ1n) is 4.77. The summed E-state index contributed by atoms with van der Waals surface area (Å²) in [6, 6.07) is 6.85. The summed E-state index contributed by atoms with van der Waals surface area (Å²) in [6.07, 6.45) is 0. The van der Waals surface area contributed by atoms with Crippen LogP contribution in [0.3, 0.4) is 0 Å². The Balaban J connectivity index is 2.80. The fourth-order valence-electron chi connectivity index (χ4n) is 1.22. The van der Waals surface area contributed by atoms with E-state index in [1.54, 1.807) is 37.6 Å². The molecule has 0 heterocycles. The third-order valence-corrected chi connectivity index (χ3v) is 3.47. The van der Waals surface area contributed by atoms with Crippen molar-refractivity contribution in [1.29, 1.82) is 0 Å². The minimum atomic E-state index is -3.47. The van der Waals surface area contributed by atoms with Gasteiger partial charge in [-0.05, 0) is 0 Å². The summed E-state index contributed by atoms with van der Waals surface area (Å²) < 4.78 is 10.8. The molecule has 1 aromatic rings. The zero-order valence-electron chi connectivity index (χ0n) is 9.30. The van der Waals surface area contributed by atoms with Crippen LogP contribution in [-0.2, 0) is 4.52 Å². The fourth-order valence-corrected chi connectivity index (χ4v) is 2.74. The van der Waals surface area contributed by atoms with Gasteiger partial charge in [0.1, 0.15) is 0 Å². The monoisotopic (exact) mass is 231 g/mol. The van der Waals surface area contributed by atoms with Crippen LogP contribution in [0.25, 0.3) is 0 Å². The van der Waals surface area contributed by atoms with Crippen LogP contribution in [0.2, 0.25) is 0 Å². The first-order chi connectivity index (χ1) is 6.80. The molecule has 3 N–H and O–H groups in total. The Bertz CT molecular complexity index is 329. The van der Waals surface area contributed by atoms with Crippen LogP contribution in [0.5, 0.6) is 5.75 Å². The van der Waals surface area contributed by atoms with Crippen LogP contribution >= 0.6 is 7.28 Å². The molecule has 0 atom stereocenters. The molecule has 0 bridgehead atoms.